The highest BCUT2D eigenvalue weighted by Gasteiger charge is 2.31. The number of rotatable bonds is 1. The van der Waals surface area contributed by atoms with Crippen molar-refractivity contribution in [1.29, 1.82) is 0 Å². The van der Waals surface area contributed by atoms with Gasteiger partial charge in [0.25, 0.3) is 6.17 Å². The number of nitrogens with zero attached hydrogens (tertiary/aromatic N) is 2. The van der Waals surface area contributed by atoms with Gasteiger partial charge in [0, 0.05) is 6.42 Å². The van der Waals surface area contributed by atoms with Crippen molar-refractivity contribution in [3.05, 3.63) is 11.4 Å². The van der Waals surface area contributed by atoms with Crippen molar-refractivity contribution < 1.29 is 5.02 Å². The number of hydrogen-bond acceptors (Lipinski definition) is 2. The first kappa shape index (κ1) is 8.57. The maximum absolute atomic E-state index is 9.26. The molecule has 1 unspecified atom stereocenters. The number of piperidine rings is 1. The zero-order chi connectivity index (χ0) is 8.27. The first-order chi connectivity index (χ1) is 5.25. The highest BCUT2D eigenvalue weighted by Crippen LogP contribution is 2.18. The molecule has 1 fully saturated rings. The van der Waals surface area contributed by atoms with Crippen LogP contribution >= 0.6 is 0 Å². The average molecular weight is 152 g/mol. The molecular formula is C7H13BN2O. The fourth-order valence-electron chi connectivity index (χ4n) is 1.51. The van der Waals surface area contributed by atoms with E-state index in [0.717, 1.165) is 25.8 Å². The van der Waals surface area contributed by atoms with E-state index < -0.39 is 7.05 Å². The third kappa shape index (κ3) is 1.95. The molecule has 60 valence electrons. The van der Waals surface area contributed by atoms with Gasteiger partial charge in [-0.05, 0) is 26.2 Å². The molecule has 0 spiro atoms. The quantitative estimate of drug-likeness (QED) is 0.445. The Morgan fingerprint density at radius 1 is 1.64 bits per heavy atom. The largest absolute Gasteiger partial charge is 0.437 e. The minimum Gasteiger partial charge on any atom is -0.437 e. The second-order valence-corrected chi connectivity index (χ2v) is 2.98. The van der Waals surface area contributed by atoms with Gasteiger partial charge in [0.05, 0.1) is 0 Å². The second-order valence-electron chi connectivity index (χ2n) is 2.98. The lowest BCUT2D eigenvalue weighted by molar-refractivity contribution is 0.259. The van der Waals surface area contributed by atoms with Gasteiger partial charge in [-0.1, -0.05) is 0 Å². The van der Waals surface area contributed by atoms with Crippen molar-refractivity contribution in [2.75, 3.05) is 6.54 Å². The van der Waals surface area contributed by atoms with Crippen LogP contribution < -0.4 is 0 Å². The fourth-order valence-corrected chi connectivity index (χ4v) is 1.51. The summed E-state index contributed by atoms with van der Waals surface area (Å²) in [7, 11) is -0.464. The highest BCUT2D eigenvalue weighted by atomic mass is 16.2. The van der Waals surface area contributed by atoms with E-state index in [0.29, 0.717) is 0 Å². The van der Waals surface area contributed by atoms with Gasteiger partial charge < -0.3 is 5.02 Å². The molecule has 4 heteroatoms. The maximum Gasteiger partial charge on any atom is 0.382 e. The molecule has 1 aliphatic heterocycles. The highest BCUT2D eigenvalue weighted by molar-refractivity contribution is 6.45. The van der Waals surface area contributed by atoms with Crippen molar-refractivity contribution >= 4 is 7.05 Å². The normalized spacial score (nSPS) is 26.1. The first-order valence-corrected chi connectivity index (χ1v) is 4.06. The summed E-state index contributed by atoms with van der Waals surface area (Å²) in [6.07, 6.45) is 3.06. The predicted molar refractivity (Wildman–Crippen MR) is 44.8 cm³/mol. The molecule has 1 rings (SSSR count). The molecule has 0 aromatic carbocycles. The molecule has 0 radical (unpaired) electrons. The molecule has 1 N–H and O–H groups in total. The molecule has 11 heavy (non-hydrogen) atoms. The summed E-state index contributed by atoms with van der Waals surface area (Å²) >= 11 is 0. The van der Waals surface area contributed by atoms with E-state index in [1.165, 1.54) is 0 Å². The lowest BCUT2D eigenvalue weighted by atomic mass is 9.82. The van der Waals surface area contributed by atoms with Crippen LogP contribution in [0.4, 0.5) is 0 Å². The first-order valence-electron chi connectivity index (χ1n) is 4.06. The smallest absolute Gasteiger partial charge is 0.382 e. The number of hydrogen-bond donors (Lipinski definition) is 1. The standard InChI is InChI=1S/C7H13BN2O/c1-8(11)10-6-4-3-5-7(10)9-2/h7,11H,3-6H2,1H3. The Balaban J connectivity index is 2.53. The van der Waals surface area contributed by atoms with Gasteiger partial charge in [-0.3, -0.25) is 4.85 Å². The summed E-state index contributed by atoms with van der Waals surface area (Å²) in [6, 6.07) is 0. The van der Waals surface area contributed by atoms with Gasteiger partial charge in [0.1, 0.15) is 0 Å². The van der Waals surface area contributed by atoms with E-state index in [1.54, 1.807) is 6.82 Å². The Kier molecular flexibility index (Phi) is 2.92. The average Bonchev–Trinajstić information content (AvgIpc) is 2.04. The van der Waals surface area contributed by atoms with Crippen LogP contribution in [0.2, 0.25) is 6.82 Å². The van der Waals surface area contributed by atoms with Gasteiger partial charge in [0.2, 0.25) is 0 Å². The molecule has 3 nitrogen and oxygen atoms in total. The maximum atomic E-state index is 9.26. The Labute approximate surface area is 68.0 Å². The molecule has 0 aromatic rings. The summed E-state index contributed by atoms with van der Waals surface area (Å²) in [5, 5.41) is 9.26. The van der Waals surface area contributed by atoms with Crippen LogP contribution in [0.1, 0.15) is 19.3 Å². The predicted octanol–water partition coefficient (Wildman–Crippen LogP) is 0.828. The molecule has 1 aliphatic rings. The summed E-state index contributed by atoms with van der Waals surface area (Å²) < 4.78 is 0. The zero-order valence-corrected chi connectivity index (χ0v) is 6.82. The van der Waals surface area contributed by atoms with Gasteiger partial charge in [-0.2, -0.15) is 0 Å². The van der Waals surface area contributed by atoms with Gasteiger partial charge >= 0.3 is 7.05 Å². The van der Waals surface area contributed by atoms with E-state index in [-0.39, 0.29) is 6.17 Å². The third-order valence-corrected chi connectivity index (χ3v) is 2.14. The molecule has 1 saturated heterocycles. The molecule has 0 bridgehead atoms. The van der Waals surface area contributed by atoms with Crippen LogP contribution in [-0.4, -0.2) is 29.6 Å². The summed E-state index contributed by atoms with van der Waals surface area (Å²) in [6.45, 7) is 9.48. The monoisotopic (exact) mass is 152 g/mol. The van der Waals surface area contributed by atoms with E-state index >= 15 is 0 Å². The van der Waals surface area contributed by atoms with Crippen molar-refractivity contribution in [3.8, 4) is 0 Å². The van der Waals surface area contributed by atoms with Crippen LogP contribution in [0.5, 0.6) is 0 Å². The molecule has 1 atom stereocenters. The Morgan fingerprint density at radius 2 is 2.36 bits per heavy atom. The third-order valence-electron chi connectivity index (χ3n) is 2.14. The van der Waals surface area contributed by atoms with Crippen LogP contribution in [0.3, 0.4) is 0 Å². The van der Waals surface area contributed by atoms with Crippen molar-refractivity contribution in [1.82, 2.24) is 4.81 Å². The van der Waals surface area contributed by atoms with Crippen molar-refractivity contribution in [2.45, 2.75) is 32.3 Å². The van der Waals surface area contributed by atoms with E-state index in [4.69, 9.17) is 6.57 Å². The van der Waals surface area contributed by atoms with E-state index in [9.17, 15) is 5.02 Å². The van der Waals surface area contributed by atoms with E-state index in [1.807, 2.05) is 4.81 Å². The molecule has 0 saturated carbocycles. The molecular weight excluding hydrogens is 139 g/mol. The minimum atomic E-state index is -0.464. The zero-order valence-electron chi connectivity index (χ0n) is 6.82. The van der Waals surface area contributed by atoms with Crippen molar-refractivity contribution in [2.24, 2.45) is 0 Å². The fraction of sp³-hybridized carbons (Fsp3) is 0.857. The van der Waals surface area contributed by atoms with Crippen molar-refractivity contribution in [3.63, 3.8) is 0 Å². The van der Waals surface area contributed by atoms with Gasteiger partial charge in [0.15, 0.2) is 0 Å². The summed E-state index contributed by atoms with van der Waals surface area (Å²) in [5.74, 6) is 0. The molecule has 0 aliphatic carbocycles. The lowest BCUT2D eigenvalue weighted by Crippen LogP contribution is -2.46. The molecule has 0 amide bonds. The Bertz CT molecular complexity index is 166. The SMILES string of the molecule is [C-]#[N+]C1CCCCN1B(C)O. The van der Waals surface area contributed by atoms with Gasteiger partial charge in [-0.25, -0.2) is 11.4 Å². The van der Waals surface area contributed by atoms with Gasteiger partial charge in [-0.15, -0.1) is 0 Å². The topological polar surface area (TPSA) is 27.8 Å². The summed E-state index contributed by atoms with van der Waals surface area (Å²) in [4.78, 5) is 5.32. The Hall–Kier alpha value is -0.525. The van der Waals surface area contributed by atoms with Crippen LogP contribution in [-0.2, 0) is 0 Å². The molecule has 1 heterocycles. The summed E-state index contributed by atoms with van der Waals surface area (Å²) in [5.41, 5.74) is 0. The minimum absolute atomic E-state index is 0.0799. The molecule has 0 aromatic heterocycles. The lowest BCUT2D eigenvalue weighted by Gasteiger charge is -2.27. The van der Waals surface area contributed by atoms with Crippen LogP contribution in [0.25, 0.3) is 4.85 Å². The second kappa shape index (κ2) is 3.75. The Morgan fingerprint density at radius 3 is 2.82 bits per heavy atom. The van der Waals surface area contributed by atoms with E-state index in [2.05, 4.69) is 4.85 Å². The van der Waals surface area contributed by atoms with Crippen LogP contribution in [0.15, 0.2) is 0 Å². The van der Waals surface area contributed by atoms with Crippen LogP contribution in [0, 0.1) is 6.57 Å².